The number of ether oxygens (including phenoxy) is 3. The van der Waals surface area contributed by atoms with Crippen LogP contribution >= 0.6 is 0 Å². The molecule has 2 unspecified atom stereocenters. The molecule has 0 bridgehead atoms. The molecule has 0 fully saturated rings. The summed E-state index contributed by atoms with van der Waals surface area (Å²) in [5.41, 5.74) is 0. The van der Waals surface area contributed by atoms with Gasteiger partial charge in [-0.2, -0.15) is 0 Å². The summed E-state index contributed by atoms with van der Waals surface area (Å²) >= 11 is 0. The number of carbonyl (C=O) groups excluding carboxylic acids is 2. The lowest BCUT2D eigenvalue weighted by molar-refractivity contribution is -0.887. The van der Waals surface area contributed by atoms with E-state index in [-0.39, 0.29) is 36.2 Å². The maximum Gasteiger partial charge on any atom is 0.362 e. The predicted octanol–water partition coefficient (Wildman–Crippen LogP) is 17.2. The quantitative estimate of drug-likeness (QED) is 0.0281. The molecule has 1 N–H and O–H groups in total. The lowest BCUT2D eigenvalue weighted by atomic mass is 10.0. The minimum atomic E-state index is -0.872. The lowest BCUT2D eigenvalue weighted by Crippen LogP contribution is -2.50. The molecule has 0 amide bonds. The van der Waals surface area contributed by atoms with E-state index >= 15 is 0 Å². The van der Waals surface area contributed by atoms with Gasteiger partial charge in [-0.15, -0.1) is 0 Å². The number of rotatable bonds is 53. The molecule has 0 aromatic carbocycles. The number of hydrogen-bond acceptors (Lipinski definition) is 6. The Labute approximate surface area is 415 Å². The third-order valence-corrected chi connectivity index (χ3v) is 13.3. The van der Waals surface area contributed by atoms with Crippen LogP contribution in [0.5, 0.6) is 0 Å². The zero-order valence-corrected chi connectivity index (χ0v) is 45.1. The molecule has 394 valence electrons. The van der Waals surface area contributed by atoms with E-state index in [0.717, 1.165) is 38.5 Å². The summed E-state index contributed by atoms with van der Waals surface area (Å²) in [5, 5.41) is 9.68. The van der Waals surface area contributed by atoms with Gasteiger partial charge in [-0.3, -0.25) is 9.59 Å². The maximum absolute atomic E-state index is 12.8. The fraction of sp³-hybridized carbons (Fsp3) is 0.881. The van der Waals surface area contributed by atoms with Crippen molar-refractivity contribution in [2.75, 3.05) is 41.0 Å². The lowest BCUT2D eigenvalue weighted by Gasteiger charge is -2.31. The van der Waals surface area contributed by atoms with Crippen LogP contribution in [-0.4, -0.2) is 80.6 Å². The van der Waals surface area contributed by atoms with Crippen LogP contribution in [0, 0.1) is 0 Å². The molecule has 0 aliphatic heterocycles. The maximum atomic E-state index is 12.8. The molecule has 8 heteroatoms. The average Bonchev–Trinajstić information content (AvgIpc) is 3.29. The Balaban J connectivity index is 4.16. The van der Waals surface area contributed by atoms with Crippen molar-refractivity contribution in [1.29, 1.82) is 0 Å². The summed E-state index contributed by atoms with van der Waals surface area (Å²) in [6.45, 7) is 4.78. The summed E-state index contributed by atoms with van der Waals surface area (Å²) in [7, 11) is 5.55. The molecule has 0 aromatic heterocycles. The molecule has 0 spiro atoms. The van der Waals surface area contributed by atoms with Gasteiger partial charge < -0.3 is 23.8 Å². The van der Waals surface area contributed by atoms with Crippen molar-refractivity contribution in [2.24, 2.45) is 0 Å². The van der Waals surface area contributed by atoms with E-state index in [4.69, 9.17) is 14.2 Å². The largest absolute Gasteiger partial charge is 0.477 e. The summed E-state index contributed by atoms with van der Waals surface area (Å²) in [6.07, 6.45) is 59.6. The SMILES string of the molecule is CCCCCCCCCCCC/C=C/CCCCCCCCCC(=O)OC(COCCC(C(=O)O)[N+](C)(C)C)COC(=O)CCCCCCCCC/C=C/CCCCCCCCCCCCC. The number of carbonyl (C=O) groups is 3. The molecule has 0 heterocycles. The van der Waals surface area contributed by atoms with Gasteiger partial charge in [0.25, 0.3) is 0 Å². The third-order valence-electron chi connectivity index (χ3n) is 13.3. The van der Waals surface area contributed by atoms with Gasteiger partial charge in [-0.05, 0) is 64.2 Å². The summed E-state index contributed by atoms with van der Waals surface area (Å²) in [4.78, 5) is 37.3. The average molecular weight is 948 g/mol. The summed E-state index contributed by atoms with van der Waals surface area (Å²) < 4.78 is 17.4. The van der Waals surface area contributed by atoms with E-state index in [1.165, 1.54) is 212 Å². The van der Waals surface area contributed by atoms with E-state index in [1.807, 2.05) is 21.1 Å². The number of nitrogens with zero attached hydrogens (tertiary/aromatic N) is 1. The predicted molar refractivity (Wildman–Crippen MR) is 285 cm³/mol. The second-order valence-corrected chi connectivity index (χ2v) is 20.9. The van der Waals surface area contributed by atoms with Gasteiger partial charge in [-0.25, -0.2) is 4.79 Å². The van der Waals surface area contributed by atoms with Crippen LogP contribution in [0.2, 0.25) is 0 Å². The van der Waals surface area contributed by atoms with Crippen molar-refractivity contribution < 1.29 is 38.2 Å². The number of allylic oxidation sites excluding steroid dienone is 4. The number of unbranched alkanes of at least 4 members (excludes halogenated alkanes) is 35. The van der Waals surface area contributed by atoms with Crippen LogP contribution in [0.3, 0.4) is 0 Å². The van der Waals surface area contributed by atoms with Gasteiger partial charge in [0.15, 0.2) is 12.1 Å². The minimum absolute atomic E-state index is 0.0511. The van der Waals surface area contributed by atoms with Crippen molar-refractivity contribution in [2.45, 2.75) is 296 Å². The van der Waals surface area contributed by atoms with E-state index in [0.29, 0.717) is 19.3 Å². The van der Waals surface area contributed by atoms with E-state index in [9.17, 15) is 19.5 Å². The van der Waals surface area contributed by atoms with Crippen molar-refractivity contribution in [1.82, 2.24) is 0 Å². The summed E-state index contributed by atoms with van der Waals surface area (Å²) in [5.74, 6) is -1.46. The number of carboxylic acids is 1. The zero-order valence-electron chi connectivity index (χ0n) is 45.1. The molecule has 67 heavy (non-hydrogen) atoms. The van der Waals surface area contributed by atoms with Gasteiger partial charge in [0.05, 0.1) is 34.4 Å². The Bertz CT molecular complexity index is 1150. The van der Waals surface area contributed by atoms with Gasteiger partial charge in [0.1, 0.15) is 6.61 Å². The molecule has 0 aliphatic carbocycles. The van der Waals surface area contributed by atoms with Gasteiger partial charge in [0.2, 0.25) is 0 Å². The van der Waals surface area contributed by atoms with E-state index in [2.05, 4.69) is 38.2 Å². The Morgan fingerprint density at radius 3 is 1.07 bits per heavy atom. The van der Waals surface area contributed by atoms with Gasteiger partial charge >= 0.3 is 17.9 Å². The normalized spacial score (nSPS) is 12.9. The highest BCUT2D eigenvalue weighted by Gasteiger charge is 2.31. The highest BCUT2D eigenvalue weighted by Crippen LogP contribution is 2.16. The van der Waals surface area contributed by atoms with Gasteiger partial charge in [-0.1, -0.05) is 224 Å². The topological polar surface area (TPSA) is 99.1 Å². The van der Waals surface area contributed by atoms with Crippen molar-refractivity contribution in [3.05, 3.63) is 24.3 Å². The molecule has 0 aromatic rings. The first kappa shape index (κ1) is 64.8. The fourth-order valence-electron chi connectivity index (χ4n) is 8.85. The van der Waals surface area contributed by atoms with Crippen LogP contribution in [0.25, 0.3) is 0 Å². The smallest absolute Gasteiger partial charge is 0.362 e. The first-order valence-corrected chi connectivity index (χ1v) is 28.9. The number of hydrogen-bond donors (Lipinski definition) is 1. The molecule has 0 aliphatic rings. The monoisotopic (exact) mass is 947 g/mol. The van der Waals surface area contributed by atoms with Crippen LogP contribution in [0.15, 0.2) is 24.3 Å². The van der Waals surface area contributed by atoms with Crippen molar-refractivity contribution in [3.8, 4) is 0 Å². The van der Waals surface area contributed by atoms with E-state index < -0.39 is 18.1 Å². The van der Waals surface area contributed by atoms with Crippen molar-refractivity contribution in [3.63, 3.8) is 0 Å². The number of quaternary nitrogens is 1. The molecule has 2 atom stereocenters. The number of esters is 2. The second kappa shape index (κ2) is 50.2. The van der Waals surface area contributed by atoms with Crippen molar-refractivity contribution >= 4 is 17.9 Å². The van der Waals surface area contributed by atoms with Crippen LogP contribution in [-0.2, 0) is 28.6 Å². The minimum Gasteiger partial charge on any atom is -0.477 e. The van der Waals surface area contributed by atoms with E-state index in [1.54, 1.807) is 0 Å². The van der Waals surface area contributed by atoms with Crippen LogP contribution < -0.4 is 0 Å². The highest BCUT2D eigenvalue weighted by atomic mass is 16.6. The number of likely N-dealkylation sites (N-methyl/N-ethyl adjacent to an activating group) is 1. The third kappa shape index (κ3) is 48.6. The molecule has 0 saturated heterocycles. The molecule has 8 nitrogen and oxygen atoms in total. The molecule has 0 saturated carbocycles. The van der Waals surface area contributed by atoms with Gasteiger partial charge in [0, 0.05) is 19.3 Å². The number of carboxylic acid groups (broad SMARTS) is 1. The Morgan fingerprint density at radius 2 is 0.746 bits per heavy atom. The highest BCUT2D eigenvalue weighted by molar-refractivity contribution is 5.72. The number of aliphatic carboxylic acids is 1. The molecular formula is C59H112NO7+. The summed E-state index contributed by atoms with van der Waals surface area (Å²) in [6, 6.07) is -0.615. The molecular weight excluding hydrogens is 835 g/mol. The standard InChI is InChI=1S/C59H111NO7/c1-6-8-10-12-14-16-18-20-22-24-26-28-30-31-33-35-37-39-41-43-45-47-49-57(61)66-54-55(53-65-52-51-56(59(63)64)60(3,4)5)67-58(62)50-48-46-44-42-40-38-36-34-32-29-27-25-23-21-19-17-15-13-11-9-7-2/h29-32,55-56H,6-28,33-54H2,1-5H3/p+1/b31-30+,32-29+. The van der Waals surface area contributed by atoms with Crippen LogP contribution in [0.1, 0.15) is 284 Å². The second-order valence-electron chi connectivity index (χ2n) is 20.9. The fourth-order valence-corrected chi connectivity index (χ4v) is 8.85. The molecule has 0 rings (SSSR count). The Hall–Kier alpha value is -2.19. The Kier molecular flexibility index (Phi) is 48.6. The Morgan fingerprint density at radius 1 is 0.433 bits per heavy atom. The zero-order chi connectivity index (χ0) is 49.2. The molecule has 0 radical (unpaired) electrons. The first-order valence-electron chi connectivity index (χ1n) is 28.9. The van der Waals surface area contributed by atoms with Crippen LogP contribution in [0.4, 0.5) is 0 Å². The first-order chi connectivity index (χ1) is 32.6.